The second kappa shape index (κ2) is 6.17. The van der Waals surface area contributed by atoms with Crippen LogP contribution in [0.4, 0.5) is 11.4 Å². The van der Waals surface area contributed by atoms with Crippen molar-refractivity contribution in [2.24, 2.45) is 0 Å². The number of aryl methyl sites for hydroxylation is 2. The normalized spacial score (nSPS) is 13.8. The number of nitrogens with two attached hydrogens (primary N) is 2. The Kier molecular flexibility index (Phi) is 4.66. The molecule has 8 heteroatoms. The lowest BCUT2D eigenvalue weighted by atomic mass is 10.00. The minimum atomic E-state index is -2.28. The van der Waals surface area contributed by atoms with E-state index in [9.17, 15) is 17.5 Å². The highest BCUT2D eigenvalue weighted by Gasteiger charge is 2.19. The van der Waals surface area contributed by atoms with Gasteiger partial charge in [-0.15, -0.1) is 0 Å². The van der Waals surface area contributed by atoms with Crippen LogP contribution in [0.15, 0.2) is 34.1 Å². The molecule has 6 nitrogen and oxygen atoms in total. The summed E-state index contributed by atoms with van der Waals surface area (Å²) in [6, 6.07) is 6.05. The second-order valence-corrected chi connectivity index (χ2v) is 6.78. The molecule has 0 saturated carbocycles. The molecule has 2 aromatic carbocycles. The molecule has 0 bridgehead atoms. The van der Waals surface area contributed by atoms with Crippen molar-refractivity contribution in [3.8, 4) is 11.1 Å². The van der Waals surface area contributed by atoms with Gasteiger partial charge in [-0.2, -0.15) is 0 Å². The molecule has 2 unspecified atom stereocenters. The smallest absolute Gasteiger partial charge is 0.187 e. The summed E-state index contributed by atoms with van der Waals surface area (Å²) < 4.78 is 42.1. The van der Waals surface area contributed by atoms with E-state index >= 15 is 0 Å². The lowest BCUT2D eigenvalue weighted by Gasteiger charge is -2.14. The first-order chi connectivity index (χ1) is 10.2. The first kappa shape index (κ1) is 16.6. The van der Waals surface area contributed by atoms with Crippen molar-refractivity contribution in [1.82, 2.24) is 0 Å². The first-order valence-corrected chi connectivity index (χ1v) is 8.46. The van der Waals surface area contributed by atoms with Gasteiger partial charge in [0.05, 0.1) is 9.79 Å². The van der Waals surface area contributed by atoms with Crippen molar-refractivity contribution < 1.29 is 17.5 Å². The third kappa shape index (κ3) is 3.05. The maximum Gasteiger partial charge on any atom is 0.187 e. The molecular weight excluding hydrogens is 324 g/mol. The quantitative estimate of drug-likeness (QED) is 0.501. The highest BCUT2D eigenvalue weighted by atomic mass is 32.2. The number of rotatable bonds is 3. The summed E-state index contributed by atoms with van der Waals surface area (Å²) in [6.07, 6.45) is 0. The SMILES string of the molecule is Cc1cc(-c2cc(C)c(N)cc2S(=O)O)c(S(=O)O)cc1N. The Balaban J connectivity index is 2.87. The molecule has 0 aliphatic carbocycles. The van der Waals surface area contributed by atoms with Gasteiger partial charge >= 0.3 is 0 Å². The van der Waals surface area contributed by atoms with Gasteiger partial charge < -0.3 is 20.6 Å². The molecule has 0 saturated heterocycles. The van der Waals surface area contributed by atoms with Gasteiger partial charge in [-0.1, -0.05) is 0 Å². The van der Waals surface area contributed by atoms with Gasteiger partial charge in [0.15, 0.2) is 22.2 Å². The van der Waals surface area contributed by atoms with Crippen molar-refractivity contribution in [2.75, 3.05) is 11.5 Å². The van der Waals surface area contributed by atoms with Crippen LogP contribution in [0.3, 0.4) is 0 Å². The Hall–Kier alpha value is -1.74. The zero-order valence-corrected chi connectivity index (χ0v) is 13.6. The largest absolute Gasteiger partial charge is 0.398 e. The van der Waals surface area contributed by atoms with E-state index in [1.807, 2.05) is 0 Å². The topological polar surface area (TPSA) is 127 Å². The molecule has 0 fully saturated rings. The molecule has 2 atom stereocenters. The van der Waals surface area contributed by atoms with Crippen LogP contribution in [0.25, 0.3) is 11.1 Å². The van der Waals surface area contributed by atoms with E-state index in [0.717, 1.165) is 0 Å². The summed E-state index contributed by atoms with van der Waals surface area (Å²) in [6.45, 7) is 3.51. The van der Waals surface area contributed by atoms with Crippen molar-refractivity contribution in [2.45, 2.75) is 23.6 Å². The highest BCUT2D eigenvalue weighted by Crippen LogP contribution is 2.35. The van der Waals surface area contributed by atoms with Gasteiger partial charge in [0.1, 0.15) is 0 Å². The fraction of sp³-hybridized carbons (Fsp3) is 0.143. The number of hydrogen-bond donors (Lipinski definition) is 4. The molecule has 0 radical (unpaired) electrons. The zero-order chi connectivity index (χ0) is 16.6. The van der Waals surface area contributed by atoms with Gasteiger partial charge in [-0.3, -0.25) is 0 Å². The van der Waals surface area contributed by atoms with Crippen molar-refractivity contribution in [3.63, 3.8) is 0 Å². The molecule has 118 valence electrons. The standard InChI is InChI=1S/C14H16N2O4S2/c1-7-3-9(13(21(17)18)5-11(7)15)10-4-8(2)12(16)6-14(10)22(19)20/h3-6H,15-16H2,1-2H3,(H,17,18)(H,19,20). The molecule has 0 spiro atoms. The van der Waals surface area contributed by atoms with Crippen LogP contribution in [-0.4, -0.2) is 17.5 Å². The van der Waals surface area contributed by atoms with Gasteiger partial charge in [0.25, 0.3) is 0 Å². The molecule has 0 aliphatic heterocycles. The molecule has 6 N–H and O–H groups in total. The summed E-state index contributed by atoms with van der Waals surface area (Å²) in [4.78, 5) is 0.165. The Morgan fingerprint density at radius 1 is 0.773 bits per heavy atom. The zero-order valence-electron chi connectivity index (χ0n) is 12.0. The maximum absolute atomic E-state index is 11.6. The van der Waals surface area contributed by atoms with E-state index in [2.05, 4.69) is 0 Å². The summed E-state index contributed by atoms with van der Waals surface area (Å²) in [5, 5.41) is 0. The van der Waals surface area contributed by atoms with E-state index < -0.39 is 22.2 Å². The molecule has 2 rings (SSSR count). The molecule has 0 aromatic heterocycles. The lowest BCUT2D eigenvalue weighted by molar-refractivity contribution is 0.562. The van der Waals surface area contributed by atoms with E-state index in [-0.39, 0.29) is 9.79 Å². The van der Waals surface area contributed by atoms with Gasteiger partial charge in [0, 0.05) is 22.5 Å². The second-order valence-electron chi connectivity index (χ2n) is 4.91. The summed E-state index contributed by atoms with van der Waals surface area (Å²) in [5.74, 6) is 0. The third-order valence-corrected chi connectivity index (χ3v) is 4.83. The summed E-state index contributed by atoms with van der Waals surface area (Å²) in [7, 11) is 0. The van der Waals surface area contributed by atoms with Crippen LogP contribution in [0.1, 0.15) is 11.1 Å². The van der Waals surface area contributed by atoms with E-state index in [0.29, 0.717) is 33.6 Å². The average Bonchev–Trinajstić information content (AvgIpc) is 2.43. The molecule has 22 heavy (non-hydrogen) atoms. The number of benzene rings is 2. The Labute approximate surface area is 133 Å². The average molecular weight is 340 g/mol. The lowest BCUT2D eigenvalue weighted by Crippen LogP contribution is -2.03. The molecule has 0 aliphatic rings. The predicted molar refractivity (Wildman–Crippen MR) is 88.3 cm³/mol. The van der Waals surface area contributed by atoms with Gasteiger partial charge in [-0.05, 0) is 49.2 Å². The Bertz CT molecular complexity index is 738. The van der Waals surface area contributed by atoms with Gasteiger partial charge in [0.2, 0.25) is 0 Å². The van der Waals surface area contributed by atoms with Crippen LogP contribution >= 0.6 is 0 Å². The molecular formula is C14H16N2O4S2. The van der Waals surface area contributed by atoms with E-state index in [1.165, 1.54) is 12.1 Å². The number of anilines is 2. The first-order valence-electron chi connectivity index (χ1n) is 6.24. The van der Waals surface area contributed by atoms with Crippen LogP contribution in [0.2, 0.25) is 0 Å². The summed E-state index contributed by atoms with van der Waals surface area (Å²) in [5.41, 5.74) is 14.5. The van der Waals surface area contributed by atoms with Crippen LogP contribution in [0.5, 0.6) is 0 Å². The minimum Gasteiger partial charge on any atom is -0.398 e. The number of nitrogen functional groups attached to an aromatic ring is 2. The third-order valence-electron chi connectivity index (χ3n) is 3.40. The van der Waals surface area contributed by atoms with Crippen LogP contribution in [0, 0.1) is 13.8 Å². The monoisotopic (exact) mass is 340 g/mol. The Morgan fingerprint density at radius 2 is 1.09 bits per heavy atom. The fourth-order valence-electron chi connectivity index (χ4n) is 2.12. The van der Waals surface area contributed by atoms with Crippen LogP contribution < -0.4 is 11.5 Å². The fourth-order valence-corrected chi connectivity index (χ4v) is 3.29. The van der Waals surface area contributed by atoms with Crippen molar-refractivity contribution in [3.05, 3.63) is 35.4 Å². The predicted octanol–water partition coefficient (Wildman–Crippen LogP) is 2.30. The molecule has 2 aromatic rings. The number of hydrogen-bond acceptors (Lipinski definition) is 4. The van der Waals surface area contributed by atoms with E-state index in [4.69, 9.17) is 11.5 Å². The molecule has 0 heterocycles. The molecule has 0 amide bonds. The van der Waals surface area contributed by atoms with Crippen LogP contribution in [-0.2, 0) is 22.2 Å². The maximum atomic E-state index is 11.6. The van der Waals surface area contributed by atoms with Crippen molar-refractivity contribution >= 4 is 33.5 Å². The summed E-state index contributed by atoms with van der Waals surface area (Å²) >= 11 is -4.57. The van der Waals surface area contributed by atoms with E-state index in [1.54, 1.807) is 26.0 Å². The van der Waals surface area contributed by atoms with Gasteiger partial charge in [-0.25, -0.2) is 8.42 Å². The van der Waals surface area contributed by atoms with Crippen molar-refractivity contribution in [1.29, 1.82) is 0 Å². The minimum absolute atomic E-state index is 0.0824. The highest BCUT2D eigenvalue weighted by molar-refractivity contribution is 7.79. The Morgan fingerprint density at radius 3 is 1.36 bits per heavy atom.